The minimum atomic E-state index is 0.879. The number of hydrogen-bond acceptors (Lipinski definition) is 2. The third kappa shape index (κ3) is 1.61. The molecule has 19 heavy (non-hydrogen) atoms. The van der Waals surface area contributed by atoms with Crippen LogP contribution < -0.4 is 0 Å². The van der Waals surface area contributed by atoms with E-state index in [1.54, 1.807) is 0 Å². The van der Waals surface area contributed by atoms with Crippen LogP contribution >= 0.6 is 0 Å². The number of aromatic nitrogens is 1. The van der Waals surface area contributed by atoms with Crippen LogP contribution in [-0.2, 0) is 0 Å². The molecule has 0 spiro atoms. The molecule has 0 unspecified atom stereocenters. The van der Waals surface area contributed by atoms with Crippen molar-refractivity contribution in [2.24, 2.45) is 0 Å². The van der Waals surface area contributed by atoms with Gasteiger partial charge in [-0.15, -0.1) is 0 Å². The molecule has 0 aliphatic heterocycles. The Morgan fingerprint density at radius 3 is 2.63 bits per heavy atom. The highest BCUT2D eigenvalue weighted by atomic mass is 16.3. The number of benzene rings is 2. The van der Waals surface area contributed by atoms with Gasteiger partial charge >= 0.3 is 0 Å². The van der Waals surface area contributed by atoms with Crippen molar-refractivity contribution < 1.29 is 4.42 Å². The lowest BCUT2D eigenvalue weighted by Gasteiger charge is -2.00. The maximum atomic E-state index is 5.80. The summed E-state index contributed by atoms with van der Waals surface area (Å²) in [4.78, 5) is 4.05. The summed E-state index contributed by atoms with van der Waals surface area (Å²) >= 11 is 0. The molecule has 2 aromatic carbocycles. The Labute approximate surface area is 110 Å². The molecule has 0 saturated carbocycles. The van der Waals surface area contributed by atoms with Crippen LogP contribution in [0.15, 0.2) is 65.3 Å². The van der Waals surface area contributed by atoms with E-state index in [0.29, 0.717) is 0 Å². The molecule has 0 N–H and O–H groups in total. The minimum absolute atomic E-state index is 0.879. The van der Waals surface area contributed by atoms with Gasteiger partial charge in [-0.1, -0.05) is 12.1 Å². The van der Waals surface area contributed by atoms with Gasteiger partial charge in [0.05, 0.1) is 0 Å². The first-order valence-electron chi connectivity index (χ1n) is 6.14. The molecule has 0 fully saturated rings. The predicted molar refractivity (Wildman–Crippen MR) is 75.8 cm³/mol. The van der Waals surface area contributed by atoms with Crippen LogP contribution in [0.3, 0.4) is 0 Å². The standard InChI is InChI=1S/C17H10NO/c1-2-4-16-14(3-1)15-11-13(5-6-17(15)19-16)12-7-9-18-10-8-12/h1,3-11H. The SMILES string of the molecule is [c]1ccc2c(c1)oc1ccc(-c3ccncc3)cc12. The van der Waals surface area contributed by atoms with Crippen LogP contribution in [0.1, 0.15) is 0 Å². The summed E-state index contributed by atoms with van der Waals surface area (Å²) in [6.07, 6.45) is 3.62. The quantitative estimate of drug-likeness (QED) is 0.494. The second-order valence-electron chi connectivity index (χ2n) is 4.47. The normalized spacial score (nSPS) is 11.2. The Bertz CT molecular complexity index is 862. The van der Waals surface area contributed by atoms with Crippen LogP contribution in [0.2, 0.25) is 0 Å². The Balaban J connectivity index is 2.03. The number of fused-ring (bicyclic) bond motifs is 3. The zero-order chi connectivity index (χ0) is 12.7. The first kappa shape index (κ1) is 10.3. The zero-order valence-electron chi connectivity index (χ0n) is 10.1. The third-order valence-electron chi connectivity index (χ3n) is 3.33. The average Bonchev–Trinajstić information content (AvgIpc) is 2.86. The fourth-order valence-electron chi connectivity index (χ4n) is 2.39. The summed E-state index contributed by atoms with van der Waals surface area (Å²) in [5.41, 5.74) is 4.12. The molecule has 0 aliphatic rings. The average molecular weight is 244 g/mol. The molecular weight excluding hydrogens is 234 g/mol. The van der Waals surface area contributed by atoms with Crippen LogP contribution in [0.5, 0.6) is 0 Å². The van der Waals surface area contributed by atoms with E-state index in [0.717, 1.165) is 27.5 Å². The van der Waals surface area contributed by atoms with Gasteiger partial charge in [-0.3, -0.25) is 4.98 Å². The maximum Gasteiger partial charge on any atom is 0.136 e. The molecule has 4 rings (SSSR count). The second-order valence-corrected chi connectivity index (χ2v) is 4.47. The zero-order valence-corrected chi connectivity index (χ0v) is 10.1. The fraction of sp³-hybridized carbons (Fsp3) is 0. The van der Waals surface area contributed by atoms with E-state index in [1.165, 1.54) is 5.56 Å². The van der Waals surface area contributed by atoms with Gasteiger partial charge in [0.1, 0.15) is 11.2 Å². The first-order valence-corrected chi connectivity index (χ1v) is 6.14. The van der Waals surface area contributed by atoms with Crippen molar-refractivity contribution in [3.63, 3.8) is 0 Å². The van der Waals surface area contributed by atoms with Gasteiger partial charge in [-0.25, -0.2) is 0 Å². The number of pyridine rings is 1. The Hall–Kier alpha value is -2.61. The molecule has 2 nitrogen and oxygen atoms in total. The van der Waals surface area contributed by atoms with Crippen LogP contribution in [-0.4, -0.2) is 4.98 Å². The summed E-state index contributed by atoms with van der Waals surface area (Å²) < 4.78 is 5.80. The minimum Gasteiger partial charge on any atom is -0.456 e. The van der Waals surface area contributed by atoms with Gasteiger partial charge in [0.15, 0.2) is 0 Å². The number of nitrogens with zero attached hydrogens (tertiary/aromatic N) is 1. The highest BCUT2D eigenvalue weighted by Crippen LogP contribution is 2.31. The molecule has 1 radical (unpaired) electrons. The van der Waals surface area contributed by atoms with Crippen molar-refractivity contribution in [2.45, 2.75) is 0 Å². The van der Waals surface area contributed by atoms with E-state index in [9.17, 15) is 0 Å². The number of furan rings is 1. The van der Waals surface area contributed by atoms with E-state index in [2.05, 4.69) is 23.2 Å². The molecular formula is C17H10NO. The fourth-order valence-corrected chi connectivity index (χ4v) is 2.39. The largest absolute Gasteiger partial charge is 0.456 e. The van der Waals surface area contributed by atoms with Crippen molar-refractivity contribution in [3.05, 3.63) is 67.0 Å². The van der Waals surface area contributed by atoms with Crippen LogP contribution in [0.25, 0.3) is 33.1 Å². The van der Waals surface area contributed by atoms with E-state index in [4.69, 9.17) is 4.42 Å². The highest BCUT2D eigenvalue weighted by Gasteiger charge is 2.07. The highest BCUT2D eigenvalue weighted by molar-refractivity contribution is 6.06. The second kappa shape index (κ2) is 3.95. The van der Waals surface area contributed by atoms with Gasteiger partial charge in [0.25, 0.3) is 0 Å². The Kier molecular flexibility index (Phi) is 2.15. The molecule has 2 heteroatoms. The molecule has 4 aromatic rings. The van der Waals surface area contributed by atoms with E-state index in [-0.39, 0.29) is 0 Å². The summed E-state index contributed by atoms with van der Waals surface area (Å²) in [6.45, 7) is 0. The molecule has 0 bridgehead atoms. The summed E-state index contributed by atoms with van der Waals surface area (Å²) in [5.74, 6) is 0. The summed E-state index contributed by atoms with van der Waals surface area (Å²) in [6, 6.07) is 19.1. The Morgan fingerprint density at radius 1 is 0.842 bits per heavy atom. The molecule has 0 saturated heterocycles. The van der Waals surface area contributed by atoms with Crippen molar-refractivity contribution >= 4 is 21.9 Å². The molecule has 0 atom stereocenters. The van der Waals surface area contributed by atoms with Crippen molar-refractivity contribution in [1.29, 1.82) is 0 Å². The monoisotopic (exact) mass is 244 g/mol. The molecule has 0 amide bonds. The first-order chi connectivity index (χ1) is 9.42. The summed E-state index contributed by atoms with van der Waals surface area (Å²) in [5, 5.41) is 2.27. The van der Waals surface area contributed by atoms with Gasteiger partial charge in [0.2, 0.25) is 0 Å². The van der Waals surface area contributed by atoms with E-state index in [1.807, 2.05) is 48.8 Å². The van der Waals surface area contributed by atoms with Gasteiger partial charge in [0, 0.05) is 23.2 Å². The van der Waals surface area contributed by atoms with E-state index < -0.39 is 0 Å². The molecule has 89 valence electrons. The smallest absolute Gasteiger partial charge is 0.136 e. The number of rotatable bonds is 1. The topological polar surface area (TPSA) is 26.0 Å². The number of hydrogen-bond donors (Lipinski definition) is 0. The predicted octanol–water partition coefficient (Wildman–Crippen LogP) is 4.45. The molecule has 2 aromatic heterocycles. The van der Waals surface area contributed by atoms with Crippen molar-refractivity contribution in [1.82, 2.24) is 4.98 Å². The lowest BCUT2D eigenvalue weighted by atomic mass is 10.0. The molecule has 0 aliphatic carbocycles. The van der Waals surface area contributed by atoms with Crippen LogP contribution in [0, 0.1) is 6.07 Å². The van der Waals surface area contributed by atoms with Gasteiger partial charge in [-0.2, -0.15) is 0 Å². The van der Waals surface area contributed by atoms with Crippen LogP contribution in [0.4, 0.5) is 0 Å². The third-order valence-corrected chi connectivity index (χ3v) is 3.33. The van der Waals surface area contributed by atoms with Crippen molar-refractivity contribution in [3.8, 4) is 11.1 Å². The Morgan fingerprint density at radius 2 is 1.74 bits per heavy atom. The molecule has 2 heterocycles. The lowest BCUT2D eigenvalue weighted by Crippen LogP contribution is -1.78. The van der Waals surface area contributed by atoms with Gasteiger partial charge in [-0.05, 0) is 53.6 Å². The van der Waals surface area contributed by atoms with E-state index >= 15 is 0 Å². The lowest BCUT2D eigenvalue weighted by molar-refractivity contribution is 0.669. The van der Waals surface area contributed by atoms with Crippen molar-refractivity contribution in [2.75, 3.05) is 0 Å². The maximum absolute atomic E-state index is 5.80. The van der Waals surface area contributed by atoms with Gasteiger partial charge < -0.3 is 4.42 Å². The summed E-state index contributed by atoms with van der Waals surface area (Å²) in [7, 11) is 0.